The van der Waals surface area contributed by atoms with Crippen LogP contribution in [-0.2, 0) is 19.3 Å². The summed E-state index contributed by atoms with van der Waals surface area (Å²) >= 11 is 0. The van der Waals surface area contributed by atoms with Crippen molar-refractivity contribution in [3.8, 4) is 17.1 Å². The molecule has 0 N–H and O–H groups in total. The molecule has 2 aromatic heterocycles. The Balaban J connectivity index is 1.49. The Bertz CT molecular complexity index is 786. The molecule has 0 bridgehead atoms. The van der Waals surface area contributed by atoms with Gasteiger partial charge in [0.1, 0.15) is 12.1 Å². The zero-order chi connectivity index (χ0) is 14.8. The molecule has 0 radical (unpaired) electrons. The maximum atomic E-state index is 5.51. The summed E-state index contributed by atoms with van der Waals surface area (Å²) in [5.41, 5.74) is 3.12. The summed E-state index contributed by atoms with van der Waals surface area (Å²) < 4.78 is 10.8. The van der Waals surface area contributed by atoms with Gasteiger partial charge in [-0.3, -0.25) is 0 Å². The fraction of sp³-hybridized carbons (Fsp3) is 0.250. The molecule has 0 spiro atoms. The minimum Gasteiger partial charge on any atom is -0.493 e. The average Bonchev–Trinajstić information content (AvgIpc) is 3.22. The number of aromatic nitrogens is 4. The van der Waals surface area contributed by atoms with E-state index < -0.39 is 0 Å². The fourth-order valence-electron chi connectivity index (χ4n) is 2.50. The Morgan fingerprint density at radius 3 is 3.05 bits per heavy atom. The summed E-state index contributed by atoms with van der Waals surface area (Å²) in [6, 6.07) is 7.89. The fourth-order valence-corrected chi connectivity index (χ4v) is 2.50. The molecule has 1 aliphatic rings. The molecule has 0 amide bonds. The first-order chi connectivity index (χ1) is 10.9. The highest BCUT2D eigenvalue weighted by molar-refractivity contribution is 5.59. The molecule has 0 saturated carbocycles. The topological polar surface area (TPSA) is 73.9 Å². The van der Waals surface area contributed by atoms with Crippen molar-refractivity contribution in [1.82, 2.24) is 20.1 Å². The van der Waals surface area contributed by atoms with E-state index in [1.165, 1.54) is 5.56 Å². The smallest absolute Gasteiger partial charge is 0.227 e. The van der Waals surface area contributed by atoms with Crippen molar-refractivity contribution in [2.75, 3.05) is 6.61 Å². The van der Waals surface area contributed by atoms with Crippen LogP contribution in [0.25, 0.3) is 11.4 Å². The molecule has 0 atom stereocenters. The monoisotopic (exact) mass is 294 g/mol. The first kappa shape index (κ1) is 12.9. The predicted octanol–water partition coefficient (Wildman–Crippen LogP) is 2.25. The normalized spacial score (nSPS) is 12.9. The van der Waals surface area contributed by atoms with Crippen LogP contribution in [0.4, 0.5) is 0 Å². The van der Waals surface area contributed by atoms with Gasteiger partial charge in [0.2, 0.25) is 11.7 Å². The van der Waals surface area contributed by atoms with Gasteiger partial charge < -0.3 is 9.26 Å². The molecule has 3 heterocycles. The standard InChI is InChI=1S/C16H14N4O2/c1-3-14-11(6-8-21-14)9-12(1)16-19-15(22-20-16)4-2-13-5-7-17-10-18-13/h1,3,5,7,9-10H,2,4,6,8H2. The maximum absolute atomic E-state index is 5.51. The summed E-state index contributed by atoms with van der Waals surface area (Å²) in [4.78, 5) is 12.5. The third-order valence-corrected chi connectivity index (χ3v) is 3.65. The summed E-state index contributed by atoms with van der Waals surface area (Å²) in [6.07, 6.45) is 5.62. The Kier molecular flexibility index (Phi) is 3.27. The summed E-state index contributed by atoms with van der Waals surface area (Å²) in [7, 11) is 0. The molecule has 1 aromatic carbocycles. The number of ether oxygens (including phenoxy) is 1. The number of hydrogen-bond acceptors (Lipinski definition) is 6. The second kappa shape index (κ2) is 5.55. The molecule has 0 aliphatic carbocycles. The molecule has 0 fully saturated rings. The highest BCUT2D eigenvalue weighted by Gasteiger charge is 2.15. The van der Waals surface area contributed by atoms with Gasteiger partial charge in [-0.05, 0) is 36.2 Å². The van der Waals surface area contributed by atoms with Crippen molar-refractivity contribution in [3.63, 3.8) is 0 Å². The van der Waals surface area contributed by atoms with E-state index in [-0.39, 0.29) is 0 Å². The van der Waals surface area contributed by atoms with Gasteiger partial charge in [0.15, 0.2) is 0 Å². The molecule has 3 aromatic rings. The summed E-state index contributed by atoms with van der Waals surface area (Å²) in [6.45, 7) is 0.745. The van der Waals surface area contributed by atoms with Crippen molar-refractivity contribution in [2.24, 2.45) is 0 Å². The van der Waals surface area contributed by atoms with Gasteiger partial charge in [0.25, 0.3) is 0 Å². The van der Waals surface area contributed by atoms with Crippen molar-refractivity contribution in [1.29, 1.82) is 0 Å². The summed E-state index contributed by atoms with van der Waals surface area (Å²) in [5.74, 6) is 2.19. The van der Waals surface area contributed by atoms with Crippen molar-refractivity contribution in [2.45, 2.75) is 19.3 Å². The molecule has 6 heteroatoms. The lowest BCUT2D eigenvalue weighted by atomic mass is 10.1. The van der Waals surface area contributed by atoms with Crippen LogP contribution in [0.1, 0.15) is 17.1 Å². The van der Waals surface area contributed by atoms with Crippen LogP contribution in [-0.4, -0.2) is 26.7 Å². The molecule has 6 nitrogen and oxygen atoms in total. The van der Waals surface area contributed by atoms with Crippen molar-refractivity contribution in [3.05, 3.63) is 53.9 Å². The van der Waals surface area contributed by atoms with E-state index in [1.54, 1.807) is 12.5 Å². The number of aryl methyl sites for hydroxylation is 2. The molecule has 0 saturated heterocycles. The number of rotatable bonds is 4. The molecular weight excluding hydrogens is 280 g/mol. The Labute approximate surface area is 127 Å². The SMILES string of the molecule is c1cc(CCc2nc(-c3ccc4c(c3)CCO4)no2)ncn1. The lowest BCUT2D eigenvalue weighted by Gasteiger charge is -1.99. The largest absolute Gasteiger partial charge is 0.493 e. The number of nitrogens with zero attached hydrogens (tertiary/aromatic N) is 4. The highest BCUT2D eigenvalue weighted by Crippen LogP contribution is 2.29. The third kappa shape index (κ3) is 2.55. The van der Waals surface area contributed by atoms with E-state index in [1.807, 2.05) is 18.2 Å². The van der Waals surface area contributed by atoms with Crippen LogP contribution >= 0.6 is 0 Å². The molecule has 22 heavy (non-hydrogen) atoms. The average molecular weight is 294 g/mol. The van der Waals surface area contributed by atoms with Crippen LogP contribution in [0, 0.1) is 0 Å². The third-order valence-electron chi connectivity index (χ3n) is 3.65. The number of fused-ring (bicyclic) bond motifs is 1. The first-order valence-electron chi connectivity index (χ1n) is 7.22. The van der Waals surface area contributed by atoms with E-state index in [4.69, 9.17) is 9.26 Å². The van der Waals surface area contributed by atoms with Gasteiger partial charge in [-0.2, -0.15) is 4.98 Å². The summed E-state index contributed by atoms with van der Waals surface area (Å²) in [5, 5.41) is 4.06. The van der Waals surface area contributed by atoms with E-state index in [0.717, 1.165) is 36.5 Å². The van der Waals surface area contributed by atoms with Gasteiger partial charge >= 0.3 is 0 Å². The minimum atomic E-state index is 0.616. The van der Waals surface area contributed by atoms with Gasteiger partial charge in [-0.25, -0.2) is 9.97 Å². The zero-order valence-electron chi connectivity index (χ0n) is 11.9. The van der Waals surface area contributed by atoms with E-state index in [9.17, 15) is 0 Å². The Morgan fingerprint density at radius 1 is 1.14 bits per heavy atom. The molecular formula is C16H14N4O2. The molecule has 4 rings (SSSR count). The second-order valence-corrected chi connectivity index (χ2v) is 5.13. The quantitative estimate of drug-likeness (QED) is 0.734. The molecule has 1 aliphatic heterocycles. The van der Waals surface area contributed by atoms with Crippen LogP contribution in [0.5, 0.6) is 5.75 Å². The van der Waals surface area contributed by atoms with Gasteiger partial charge in [0.05, 0.1) is 6.61 Å². The van der Waals surface area contributed by atoms with E-state index in [0.29, 0.717) is 18.1 Å². The predicted molar refractivity (Wildman–Crippen MR) is 78.4 cm³/mol. The van der Waals surface area contributed by atoms with E-state index in [2.05, 4.69) is 26.2 Å². The maximum Gasteiger partial charge on any atom is 0.227 e. The lowest BCUT2D eigenvalue weighted by Crippen LogP contribution is -1.94. The van der Waals surface area contributed by atoms with Crippen molar-refractivity contribution >= 4 is 0 Å². The van der Waals surface area contributed by atoms with Crippen LogP contribution in [0.2, 0.25) is 0 Å². The Morgan fingerprint density at radius 2 is 2.14 bits per heavy atom. The van der Waals surface area contributed by atoms with Crippen LogP contribution < -0.4 is 4.74 Å². The second-order valence-electron chi connectivity index (χ2n) is 5.13. The minimum absolute atomic E-state index is 0.616. The number of benzene rings is 1. The van der Waals surface area contributed by atoms with Crippen LogP contribution in [0.15, 0.2) is 41.3 Å². The Hall–Kier alpha value is -2.76. The van der Waals surface area contributed by atoms with E-state index >= 15 is 0 Å². The molecule has 110 valence electrons. The lowest BCUT2D eigenvalue weighted by molar-refractivity contribution is 0.357. The van der Waals surface area contributed by atoms with Gasteiger partial charge in [-0.1, -0.05) is 5.16 Å². The van der Waals surface area contributed by atoms with Crippen LogP contribution in [0.3, 0.4) is 0 Å². The molecule has 0 unspecified atom stereocenters. The number of hydrogen-bond donors (Lipinski definition) is 0. The first-order valence-corrected chi connectivity index (χ1v) is 7.22. The zero-order valence-corrected chi connectivity index (χ0v) is 11.9. The van der Waals surface area contributed by atoms with Crippen molar-refractivity contribution < 1.29 is 9.26 Å². The highest BCUT2D eigenvalue weighted by atomic mass is 16.5. The van der Waals surface area contributed by atoms with Gasteiger partial charge in [-0.15, -0.1) is 0 Å². The van der Waals surface area contributed by atoms with Gasteiger partial charge in [0, 0.05) is 30.3 Å².